The zero-order valence-electron chi connectivity index (χ0n) is 10.2. The van der Waals surface area contributed by atoms with Crippen molar-refractivity contribution < 1.29 is 19.1 Å². The second-order valence-corrected chi connectivity index (χ2v) is 4.20. The molecule has 0 aliphatic heterocycles. The monoisotopic (exact) mass is 229 g/mol. The summed E-state index contributed by atoms with van der Waals surface area (Å²) in [7, 11) is 1.28. The molecule has 92 valence electrons. The highest BCUT2D eigenvalue weighted by molar-refractivity contribution is 5.79. The van der Waals surface area contributed by atoms with Crippen LogP contribution in [0.3, 0.4) is 0 Å². The fourth-order valence-corrected chi connectivity index (χ4v) is 0.894. The quantitative estimate of drug-likeness (QED) is 0.554. The minimum atomic E-state index is -0.710. The number of carbonyl (C=O) groups is 2. The third-order valence-corrected chi connectivity index (χ3v) is 1.59. The van der Waals surface area contributed by atoms with Crippen LogP contribution in [0.4, 0.5) is 0 Å². The van der Waals surface area contributed by atoms with Crippen molar-refractivity contribution in [2.75, 3.05) is 13.7 Å². The Morgan fingerprint density at radius 1 is 1.44 bits per heavy atom. The van der Waals surface area contributed by atoms with Crippen molar-refractivity contribution in [2.24, 2.45) is 0 Å². The van der Waals surface area contributed by atoms with E-state index in [1.54, 1.807) is 20.8 Å². The zero-order valence-corrected chi connectivity index (χ0v) is 10.2. The molecule has 0 bridgehead atoms. The highest BCUT2D eigenvalue weighted by atomic mass is 16.6. The Morgan fingerprint density at radius 3 is 2.38 bits per heavy atom. The molecule has 0 rings (SSSR count). The number of esters is 2. The molecule has 16 heavy (non-hydrogen) atoms. The number of hydrogen-bond donors (Lipinski definition) is 1. The molecule has 1 N–H and O–H groups in total. The Morgan fingerprint density at radius 2 is 2.00 bits per heavy atom. The van der Waals surface area contributed by atoms with Gasteiger partial charge in [-0.05, 0) is 20.8 Å². The third-order valence-electron chi connectivity index (χ3n) is 1.59. The first kappa shape index (κ1) is 14.6. The standard InChI is InChI=1S/C11H19NO4/c1-6-8(12-7-9(13)15-5)10(14)16-11(2,3)4/h6,8,12H,1,7H2,2-5H3. The van der Waals surface area contributed by atoms with Crippen molar-refractivity contribution >= 4 is 11.9 Å². The first-order valence-electron chi connectivity index (χ1n) is 4.95. The summed E-state index contributed by atoms with van der Waals surface area (Å²) in [5, 5.41) is 2.68. The van der Waals surface area contributed by atoms with E-state index in [0.29, 0.717) is 0 Å². The molecule has 0 amide bonds. The van der Waals surface area contributed by atoms with Gasteiger partial charge in [0.15, 0.2) is 0 Å². The van der Waals surface area contributed by atoms with Crippen LogP contribution in [0.15, 0.2) is 12.7 Å². The van der Waals surface area contributed by atoms with Crippen LogP contribution in [0.5, 0.6) is 0 Å². The molecule has 1 atom stereocenters. The maximum absolute atomic E-state index is 11.6. The van der Waals surface area contributed by atoms with E-state index in [1.807, 2.05) is 0 Å². The van der Waals surface area contributed by atoms with Gasteiger partial charge in [0.05, 0.1) is 13.7 Å². The molecule has 0 saturated carbocycles. The Hall–Kier alpha value is -1.36. The maximum atomic E-state index is 11.6. The van der Waals surface area contributed by atoms with Gasteiger partial charge >= 0.3 is 11.9 Å². The molecule has 0 aromatic heterocycles. The molecule has 5 heteroatoms. The summed E-state index contributed by atoms with van der Waals surface area (Å²) in [4.78, 5) is 22.5. The number of hydrogen-bond acceptors (Lipinski definition) is 5. The minimum Gasteiger partial charge on any atom is -0.468 e. The molecule has 0 aliphatic rings. The molecule has 0 aromatic rings. The molecular formula is C11H19NO4. The fourth-order valence-electron chi connectivity index (χ4n) is 0.894. The summed E-state index contributed by atoms with van der Waals surface area (Å²) in [6.45, 7) is 8.74. The number of rotatable bonds is 5. The Kier molecular flexibility index (Phi) is 5.74. The summed E-state index contributed by atoms with van der Waals surface area (Å²) in [5.74, 6) is -0.915. The highest BCUT2D eigenvalue weighted by Crippen LogP contribution is 2.08. The average Bonchev–Trinajstić information content (AvgIpc) is 2.15. The number of methoxy groups -OCH3 is 1. The van der Waals surface area contributed by atoms with Gasteiger partial charge in [0.2, 0.25) is 0 Å². The van der Waals surface area contributed by atoms with Crippen LogP contribution in [0.25, 0.3) is 0 Å². The van der Waals surface area contributed by atoms with Crippen molar-refractivity contribution in [3.63, 3.8) is 0 Å². The minimum absolute atomic E-state index is 0.0631. The van der Waals surface area contributed by atoms with Crippen LogP contribution >= 0.6 is 0 Å². The van der Waals surface area contributed by atoms with Gasteiger partial charge in [0, 0.05) is 0 Å². The lowest BCUT2D eigenvalue weighted by molar-refractivity contribution is -0.156. The van der Waals surface area contributed by atoms with Crippen molar-refractivity contribution in [3.05, 3.63) is 12.7 Å². The van der Waals surface area contributed by atoms with E-state index in [2.05, 4.69) is 16.6 Å². The fraction of sp³-hybridized carbons (Fsp3) is 0.636. The summed E-state index contributed by atoms with van der Waals surface area (Å²) in [6.07, 6.45) is 1.39. The summed E-state index contributed by atoms with van der Waals surface area (Å²) < 4.78 is 9.57. The van der Waals surface area contributed by atoms with Gasteiger partial charge < -0.3 is 9.47 Å². The van der Waals surface area contributed by atoms with E-state index in [4.69, 9.17) is 4.74 Å². The van der Waals surface area contributed by atoms with Crippen LogP contribution < -0.4 is 5.32 Å². The molecule has 1 unspecified atom stereocenters. The Labute approximate surface area is 95.8 Å². The van der Waals surface area contributed by atoms with Crippen LogP contribution in [-0.2, 0) is 19.1 Å². The van der Waals surface area contributed by atoms with E-state index in [0.717, 1.165) is 0 Å². The van der Waals surface area contributed by atoms with Crippen LogP contribution in [0.2, 0.25) is 0 Å². The van der Waals surface area contributed by atoms with E-state index in [1.165, 1.54) is 13.2 Å². The molecule has 0 heterocycles. The first-order valence-corrected chi connectivity index (χ1v) is 4.95. The molecule has 0 aromatic carbocycles. The van der Waals surface area contributed by atoms with Gasteiger partial charge in [0.25, 0.3) is 0 Å². The lowest BCUT2D eigenvalue weighted by Crippen LogP contribution is -2.42. The van der Waals surface area contributed by atoms with E-state index in [-0.39, 0.29) is 6.54 Å². The largest absolute Gasteiger partial charge is 0.468 e. The molecule has 0 spiro atoms. The van der Waals surface area contributed by atoms with Crippen molar-refractivity contribution in [1.29, 1.82) is 0 Å². The number of nitrogens with one attached hydrogen (secondary N) is 1. The van der Waals surface area contributed by atoms with E-state index < -0.39 is 23.6 Å². The maximum Gasteiger partial charge on any atom is 0.327 e. The smallest absolute Gasteiger partial charge is 0.327 e. The van der Waals surface area contributed by atoms with Gasteiger partial charge in [-0.25, -0.2) is 4.79 Å². The number of ether oxygens (including phenoxy) is 2. The average molecular weight is 229 g/mol. The first-order chi connectivity index (χ1) is 7.30. The topological polar surface area (TPSA) is 64.6 Å². The van der Waals surface area contributed by atoms with Crippen molar-refractivity contribution in [3.8, 4) is 0 Å². The van der Waals surface area contributed by atoms with Crippen LogP contribution in [0, 0.1) is 0 Å². The van der Waals surface area contributed by atoms with Gasteiger partial charge in [-0.15, -0.1) is 6.58 Å². The van der Waals surface area contributed by atoms with Crippen LogP contribution in [-0.4, -0.2) is 37.2 Å². The van der Waals surface area contributed by atoms with Gasteiger partial charge in [0.1, 0.15) is 11.6 Å². The lowest BCUT2D eigenvalue weighted by atomic mass is 10.2. The second kappa shape index (κ2) is 6.27. The normalized spacial score (nSPS) is 12.8. The predicted octanol–water partition coefficient (Wildman–Crippen LogP) is 0.645. The predicted molar refractivity (Wildman–Crippen MR) is 59.8 cm³/mol. The summed E-state index contributed by atoms with van der Waals surface area (Å²) in [6, 6.07) is -0.710. The summed E-state index contributed by atoms with van der Waals surface area (Å²) >= 11 is 0. The zero-order chi connectivity index (χ0) is 12.8. The van der Waals surface area contributed by atoms with E-state index in [9.17, 15) is 9.59 Å². The van der Waals surface area contributed by atoms with Crippen molar-refractivity contribution in [1.82, 2.24) is 5.32 Å². The van der Waals surface area contributed by atoms with Crippen LogP contribution in [0.1, 0.15) is 20.8 Å². The summed E-state index contributed by atoms with van der Waals surface area (Å²) in [5.41, 5.74) is -0.564. The SMILES string of the molecule is C=CC(NCC(=O)OC)C(=O)OC(C)(C)C. The Bertz CT molecular complexity index is 268. The Balaban J connectivity index is 4.23. The molecule has 0 radical (unpaired) electrons. The van der Waals surface area contributed by atoms with Crippen molar-refractivity contribution in [2.45, 2.75) is 32.4 Å². The van der Waals surface area contributed by atoms with Gasteiger partial charge in [-0.3, -0.25) is 10.1 Å². The second-order valence-electron chi connectivity index (χ2n) is 4.20. The molecule has 5 nitrogen and oxygen atoms in total. The van der Waals surface area contributed by atoms with Gasteiger partial charge in [-0.2, -0.15) is 0 Å². The molecule has 0 fully saturated rings. The third kappa shape index (κ3) is 6.19. The van der Waals surface area contributed by atoms with Gasteiger partial charge in [-0.1, -0.05) is 6.08 Å². The number of carbonyl (C=O) groups excluding carboxylic acids is 2. The molecule has 0 saturated heterocycles. The lowest BCUT2D eigenvalue weighted by Gasteiger charge is -2.22. The molecule has 0 aliphatic carbocycles. The molecular weight excluding hydrogens is 210 g/mol. The highest BCUT2D eigenvalue weighted by Gasteiger charge is 2.23. The van der Waals surface area contributed by atoms with E-state index >= 15 is 0 Å².